The van der Waals surface area contributed by atoms with E-state index >= 15 is 0 Å². The van der Waals surface area contributed by atoms with Crippen molar-refractivity contribution in [1.29, 1.82) is 0 Å². The van der Waals surface area contributed by atoms with Crippen LogP contribution in [0.5, 0.6) is 0 Å². The molecule has 5 rings (SSSR count). The van der Waals surface area contributed by atoms with Gasteiger partial charge in [0.05, 0.1) is 5.57 Å². The summed E-state index contributed by atoms with van der Waals surface area (Å²) in [6, 6.07) is 0. The van der Waals surface area contributed by atoms with Crippen LogP contribution in [0.15, 0.2) is 36.5 Å². The monoisotopic (exact) mass is 241 g/mol. The van der Waals surface area contributed by atoms with E-state index in [1.165, 1.54) is 38.5 Å². The van der Waals surface area contributed by atoms with Crippen molar-refractivity contribution in [1.82, 2.24) is 0 Å². The molecule has 5 aliphatic carbocycles. The highest BCUT2D eigenvalue weighted by Gasteiger charge is 2.58. The molecule has 5 aliphatic rings. The van der Waals surface area contributed by atoms with Gasteiger partial charge < -0.3 is 0 Å². The number of hydrogen-bond acceptors (Lipinski definition) is 0. The Bertz CT molecular complexity index is 443. The van der Waals surface area contributed by atoms with Gasteiger partial charge in [-0.25, -0.2) is 4.42 Å². The number of ketones is 1. The van der Waals surface area contributed by atoms with E-state index in [0.717, 1.165) is 29.1 Å². The van der Waals surface area contributed by atoms with Gasteiger partial charge in [-0.05, 0) is 43.1 Å². The summed E-state index contributed by atoms with van der Waals surface area (Å²) in [5.41, 5.74) is 1.19. The van der Waals surface area contributed by atoms with E-state index in [9.17, 15) is 0 Å². The number of allylic oxidation sites excluding steroid dienone is 5. The fourth-order valence-electron chi connectivity index (χ4n) is 4.99. The third-order valence-corrected chi connectivity index (χ3v) is 5.28. The Labute approximate surface area is 109 Å². The van der Waals surface area contributed by atoms with Crippen molar-refractivity contribution in [2.75, 3.05) is 0 Å². The molecule has 0 radical (unpaired) electrons. The lowest BCUT2D eigenvalue weighted by molar-refractivity contribution is -0.574. The number of rotatable bonds is 1. The summed E-state index contributed by atoms with van der Waals surface area (Å²) in [6.45, 7) is 4.09. The van der Waals surface area contributed by atoms with Crippen LogP contribution in [0.2, 0.25) is 0 Å². The highest BCUT2D eigenvalue weighted by Crippen LogP contribution is 2.56. The van der Waals surface area contributed by atoms with E-state index in [2.05, 4.69) is 24.8 Å². The lowest BCUT2D eigenvalue weighted by Gasteiger charge is -2.49. The predicted molar refractivity (Wildman–Crippen MR) is 73.3 cm³/mol. The molecule has 18 heavy (non-hydrogen) atoms. The smallest absolute Gasteiger partial charge is 0.248 e. The Morgan fingerprint density at radius 1 is 0.944 bits per heavy atom. The highest BCUT2D eigenvalue weighted by atomic mass is 16.4. The first kappa shape index (κ1) is 10.8. The summed E-state index contributed by atoms with van der Waals surface area (Å²) in [7, 11) is 0. The molecule has 0 spiro atoms. The molecular weight excluding hydrogens is 220 g/mol. The largest absolute Gasteiger partial charge is 0.350 e. The Morgan fingerprint density at radius 3 is 2.06 bits per heavy atom. The lowest BCUT2D eigenvalue weighted by Crippen LogP contribution is -2.51. The maximum absolute atomic E-state index is 6.48. The first-order valence-electron chi connectivity index (χ1n) is 7.32. The Balaban J connectivity index is 1.68. The molecule has 0 unspecified atom stereocenters. The van der Waals surface area contributed by atoms with Crippen molar-refractivity contribution in [2.45, 2.75) is 44.1 Å². The third-order valence-electron chi connectivity index (χ3n) is 5.28. The average molecular weight is 241 g/mol. The fourth-order valence-corrected chi connectivity index (χ4v) is 4.99. The molecule has 0 amide bonds. The van der Waals surface area contributed by atoms with Crippen LogP contribution in [-0.4, -0.2) is 11.4 Å². The first-order chi connectivity index (χ1) is 8.72. The average Bonchev–Trinajstić information content (AvgIpc) is 2.30. The van der Waals surface area contributed by atoms with E-state index in [1.54, 1.807) is 0 Å². The highest BCUT2D eigenvalue weighted by molar-refractivity contribution is 6.07. The summed E-state index contributed by atoms with van der Waals surface area (Å²) in [4.78, 5) is 0. The van der Waals surface area contributed by atoms with Crippen LogP contribution >= 0.6 is 0 Å². The van der Waals surface area contributed by atoms with Crippen molar-refractivity contribution in [2.24, 2.45) is 17.8 Å². The van der Waals surface area contributed by atoms with Crippen molar-refractivity contribution < 1.29 is 4.42 Å². The van der Waals surface area contributed by atoms with Gasteiger partial charge in [0, 0.05) is 25.3 Å². The Kier molecular flexibility index (Phi) is 2.21. The predicted octanol–water partition coefficient (Wildman–Crippen LogP) is 3.74. The topological polar surface area (TPSA) is 11.3 Å². The van der Waals surface area contributed by atoms with Crippen LogP contribution in [0, 0.1) is 17.8 Å². The van der Waals surface area contributed by atoms with E-state index < -0.39 is 0 Å². The van der Waals surface area contributed by atoms with Crippen molar-refractivity contribution in [3.05, 3.63) is 36.5 Å². The van der Waals surface area contributed by atoms with Gasteiger partial charge in [0.15, 0.2) is 0 Å². The molecule has 0 aromatic heterocycles. The van der Waals surface area contributed by atoms with Gasteiger partial charge in [-0.1, -0.05) is 18.7 Å². The molecule has 0 N–H and O–H groups in total. The van der Waals surface area contributed by atoms with Crippen LogP contribution in [0.4, 0.5) is 0 Å². The molecule has 0 atom stereocenters. The fraction of sp³-hybridized carbons (Fsp3) is 0.588. The van der Waals surface area contributed by atoms with Crippen LogP contribution in [0.1, 0.15) is 38.5 Å². The minimum atomic E-state index is 0.155. The second kappa shape index (κ2) is 3.69. The van der Waals surface area contributed by atoms with E-state index in [0.29, 0.717) is 0 Å². The second-order valence-corrected chi connectivity index (χ2v) is 6.81. The van der Waals surface area contributed by atoms with Gasteiger partial charge in [0.2, 0.25) is 0 Å². The molecule has 0 aromatic carbocycles. The van der Waals surface area contributed by atoms with Crippen molar-refractivity contribution in [3.8, 4) is 0 Å². The molecule has 0 heterocycles. The zero-order valence-electron chi connectivity index (χ0n) is 10.9. The molecule has 0 aliphatic heterocycles. The first-order valence-corrected chi connectivity index (χ1v) is 7.32. The minimum absolute atomic E-state index is 0.155. The minimum Gasteiger partial charge on any atom is -0.248 e. The van der Waals surface area contributed by atoms with Crippen LogP contribution < -0.4 is 0 Å². The maximum Gasteiger partial charge on any atom is 0.350 e. The molecule has 4 saturated carbocycles. The molecule has 1 nitrogen and oxygen atoms in total. The molecule has 1 heteroatoms. The summed E-state index contributed by atoms with van der Waals surface area (Å²) in [6.07, 6.45) is 16.5. The van der Waals surface area contributed by atoms with Crippen LogP contribution in [-0.2, 0) is 4.42 Å². The zero-order chi connectivity index (χ0) is 12.2. The van der Waals surface area contributed by atoms with Gasteiger partial charge >= 0.3 is 5.78 Å². The second-order valence-electron chi connectivity index (χ2n) is 6.81. The third kappa shape index (κ3) is 1.64. The standard InChI is InChI=1S/C17H21O/c1-12-4-2-3-5-16(12)18-17-9-13-6-14(10-17)8-15(7-13)11-17/h2-5,13-15H,1,6-11H2/q+1. The zero-order valence-corrected chi connectivity index (χ0v) is 10.9. The Hall–Kier alpha value is -1.11. The molecule has 4 fully saturated rings. The number of hydrogen-bond donors (Lipinski definition) is 0. The summed E-state index contributed by atoms with van der Waals surface area (Å²) in [5, 5.41) is 0. The van der Waals surface area contributed by atoms with Crippen LogP contribution in [0.25, 0.3) is 0 Å². The van der Waals surface area contributed by atoms with Gasteiger partial charge in [0.1, 0.15) is 0 Å². The van der Waals surface area contributed by atoms with E-state index in [1.807, 2.05) is 6.08 Å². The van der Waals surface area contributed by atoms with Gasteiger partial charge in [-0.3, -0.25) is 0 Å². The summed E-state index contributed by atoms with van der Waals surface area (Å²) in [5.74, 6) is 3.83. The van der Waals surface area contributed by atoms with Gasteiger partial charge in [0.25, 0.3) is 5.60 Å². The van der Waals surface area contributed by atoms with Gasteiger partial charge in [-0.2, -0.15) is 0 Å². The number of carbonyl (C=O) groups excluding carboxylic acids is 1. The Morgan fingerprint density at radius 2 is 1.50 bits per heavy atom. The van der Waals surface area contributed by atoms with Crippen molar-refractivity contribution in [3.63, 3.8) is 0 Å². The van der Waals surface area contributed by atoms with Gasteiger partial charge in [-0.15, -0.1) is 0 Å². The molecular formula is C17H21O+. The normalized spacial score (nSPS) is 47.2. The molecule has 0 saturated heterocycles. The lowest BCUT2D eigenvalue weighted by atomic mass is 9.54. The molecule has 0 aromatic rings. The summed E-state index contributed by atoms with van der Waals surface area (Å²) >= 11 is 0. The summed E-state index contributed by atoms with van der Waals surface area (Å²) < 4.78 is 6.48. The van der Waals surface area contributed by atoms with E-state index in [4.69, 9.17) is 4.42 Å². The van der Waals surface area contributed by atoms with Crippen LogP contribution in [0.3, 0.4) is 0 Å². The van der Waals surface area contributed by atoms with E-state index in [-0.39, 0.29) is 5.60 Å². The quantitative estimate of drug-likeness (QED) is 0.489. The molecule has 94 valence electrons. The SMILES string of the molecule is C=C1C=CC=CC1=[O+]C12CC3CC(CC(C3)C1)C2. The van der Waals surface area contributed by atoms with Crippen molar-refractivity contribution >= 4 is 5.78 Å². The maximum atomic E-state index is 6.48. The molecule has 4 bridgehead atoms.